The molecule has 1 unspecified atom stereocenters. The van der Waals surface area contributed by atoms with Crippen LogP contribution in [-0.4, -0.2) is 16.3 Å². The Balaban J connectivity index is 1.56. The zero-order valence-electron chi connectivity index (χ0n) is 15.4. The van der Waals surface area contributed by atoms with Crippen LogP contribution in [0.4, 0.5) is 17.1 Å². The zero-order valence-corrected chi connectivity index (χ0v) is 17.0. The number of carbonyl (C=O) groups is 1. The van der Waals surface area contributed by atoms with Crippen LogP contribution in [0.15, 0.2) is 89.8 Å². The maximum Gasteiger partial charge on any atom is 0.237 e. The first kappa shape index (κ1) is 19.9. The molecule has 0 saturated carbocycles. The third-order valence-corrected chi connectivity index (χ3v) is 5.14. The predicted octanol–water partition coefficient (Wildman–Crippen LogP) is 5.61. The fraction of sp³-hybridized carbons (Fsp3) is 0.0909. The Kier molecular flexibility index (Phi) is 7.06. The number of anilines is 3. The monoisotopic (exact) mass is 407 g/mol. The van der Waals surface area contributed by atoms with Crippen LogP contribution in [0.5, 0.6) is 0 Å². The minimum absolute atomic E-state index is 0.0316. The van der Waals surface area contributed by atoms with Gasteiger partial charge in [-0.2, -0.15) is 0 Å². The van der Waals surface area contributed by atoms with Crippen LogP contribution in [0.3, 0.4) is 0 Å². The van der Waals surface area contributed by atoms with Crippen LogP contribution in [-0.2, 0) is 4.79 Å². The van der Waals surface area contributed by atoms with E-state index in [2.05, 4.69) is 16.0 Å². The van der Waals surface area contributed by atoms with E-state index in [9.17, 15) is 4.79 Å². The minimum Gasteiger partial charge on any atom is -0.332 e. The number of benzene rings is 3. The average Bonchev–Trinajstić information content (AvgIpc) is 2.69. The first-order valence-corrected chi connectivity index (χ1v) is 10.1. The Hall–Kier alpha value is -2.83. The minimum atomic E-state index is -0.232. The summed E-state index contributed by atoms with van der Waals surface area (Å²) in [5, 5.41) is 9.54. The van der Waals surface area contributed by atoms with E-state index in [-0.39, 0.29) is 11.2 Å². The van der Waals surface area contributed by atoms with Crippen molar-refractivity contribution in [2.45, 2.75) is 17.1 Å². The molecule has 142 valence electrons. The molecule has 28 heavy (non-hydrogen) atoms. The van der Waals surface area contributed by atoms with E-state index in [0.717, 1.165) is 22.0 Å². The summed E-state index contributed by atoms with van der Waals surface area (Å²) in [5.41, 5.74) is 2.60. The Morgan fingerprint density at radius 3 is 1.96 bits per heavy atom. The number of hydrogen-bond donors (Lipinski definition) is 3. The van der Waals surface area contributed by atoms with Gasteiger partial charge in [0, 0.05) is 22.0 Å². The third-order valence-electron chi connectivity index (χ3n) is 3.85. The van der Waals surface area contributed by atoms with Crippen LogP contribution >= 0.6 is 24.0 Å². The van der Waals surface area contributed by atoms with Gasteiger partial charge in [0.1, 0.15) is 0 Å². The lowest BCUT2D eigenvalue weighted by Crippen LogP contribution is -2.22. The van der Waals surface area contributed by atoms with Gasteiger partial charge in [-0.3, -0.25) is 4.79 Å². The number of para-hydroxylation sites is 2. The molecule has 1 atom stereocenters. The highest BCUT2D eigenvalue weighted by atomic mass is 32.2. The Labute approximate surface area is 174 Å². The molecule has 3 aromatic carbocycles. The molecule has 0 aliphatic heterocycles. The molecule has 1 amide bonds. The lowest BCUT2D eigenvalue weighted by molar-refractivity contribution is -0.115. The predicted molar refractivity (Wildman–Crippen MR) is 123 cm³/mol. The summed E-state index contributed by atoms with van der Waals surface area (Å²) in [6.07, 6.45) is 0. The normalized spacial score (nSPS) is 11.3. The van der Waals surface area contributed by atoms with Gasteiger partial charge >= 0.3 is 0 Å². The molecule has 4 nitrogen and oxygen atoms in total. The number of amides is 1. The molecule has 0 fully saturated rings. The molecule has 0 spiro atoms. The fourth-order valence-corrected chi connectivity index (χ4v) is 3.65. The highest BCUT2D eigenvalue weighted by Gasteiger charge is 2.14. The van der Waals surface area contributed by atoms with Crippen molar-refractivity contribution in [3.8, 4) is 0 Å². The molecule has 0 aliphatic carbocycles. The van der Waals surface area contributed by atoms with Crippen molar-refractivity contribution >= 4 is 52.1 Å². The molecule has 0 heterocycles. The maximum atomic E-state index is 12.4. The van der Waals surface area contributed by atoms with Crippen molar-refractivity contribution in [2.24, 2.45) is 0 Å². The molecular formula is C22H21N3OS2. The van der Waals surface area contributed by atoms with Crippen LogP contribution < -0.4 is 16.0 Å². The zero-order chi connectivity index (χ0) is 19.8. The molecule has 3 rings (SSSR count). The quantitative estimate of drug-likeness (QED) is 0.366. The lowest BCUT2D eigenvalue weighted by atomic mass is 10.3. The number of hydrogen-bond acceptors (Lipinski definition) is 3. The van der Waals surface area contributed by atoms with Gasteiger partial charge < -0.3 is 16.0 Å². The van der Waals surface area contributed by atoms with E-state index in [1.807, 2.05) is 91.9 Å². The Morgan fingerprint density at radius 1 is 0.786 bits per heavy atom. The van der Waals surface area contributed by atoms with Crippen LogP contribution in [0, 0.1) is 0 Å². The number of thioether (sulfide) groups is 1. The van der Waals surface area contributed by atoms with Gasteiger partial charge in [0.25, 0.3) is 0 Å². The van der Waals surface area contributed by atoms with Crippen molar-refractivity contribution in [3.63, 3.8) is 0 Å². The second kappa shape index (κ2) is 9.92. The molecule has 6 heteroatoms. The summed E-state index contributed by atoms with van der Waals surface area (Å²) in [6, 6.07) is 27.1. The second-order valence-corrected chi connectivity index (χ2v) is 7.91. The van der Waals surface area contributed by atoms with E-state index in [4.69, 9.17) is 12.2 Å². The van der Waals surface area contributed by atoms with Gasteiger partial charge in [0.15, 0.2) is 5.11 Å². The molecule has 0 bridgehead atoms. The van der Waals surface area contributed by atoms with Crippen molar-refractivity contribution in [1.82, 2.24) is 0 Å². The summed E-state index contributed by atoms with van der Waals surface area (Å²) < 4.78 is 0. The average molecular weight is 408 g/mol. The van der Waals surface area contributed by atoms with Crippen LogP contribution in [0.2, 0.25) is 0 Å². The molecule has 0 aliphatic rings. The Bertz CT molecular complexity index is 933. The number of nitrogens with one attached hydrogen (secondary N) is 3. The van der Waals surface area contributed by atoms with Crippen molar-refractivity contribution < 1.29 is 4.79 Å². The highest BCUT2D eigenvalue weighted by molar-refractivity contribution is 8.00. The van der Waals surface area contributed by atoms with Gasteiger partial charge in [-0.05, 0) is 61.6 Å². The van der Waals surface area contributed by atoms with E-state index < -0.39 is 0 Å². The smallest absolute Gasteiger partial charge is 0.237 e. The third kappa shape index (κ3) is 6.11. The second-order valence-electron chi connectivity index (χ2n) is 6.09. The molecule has 3 aromatic rings. The van der Waals surface area contributed by atoms with Crippen LogP contribution in [0.1, 0.15) is 6.92 Å². The molecule has 3 N–H and O–H groups in total. The first-order valence-electron chi connectivity index (χ1n) is 8.86. The van der Waals surface area contributed by atoms with E-state index in [0.29, 0.717) is 5.11 Å². The molecule has 0 aromatic heterocycles. The topological polar surface area (TPSA) is 53.2 Å². The molecular weight excluding hydrogens is 386 g/mol. The summed E-state index contributed by atoms with van der Waals surface area (Å²) in [4.78, 5) is 13.4. The molecule has 0 radical (unpaired) electrons. The fourth-order valence-electron chi connectivity index (χ4n) is 2.49. The van der Waals surface area contributed by atoms with Crippen molar-refractivity contribution in [2.75, 3.05) is 16.0 Å². The number of carbonyl (C=O) groups excluding carboxylic acids is 1. The number of rotatable bonds is 6. The lowest BCUT2D eigenvalue weighted by Gasteiger charge is -2.14. The SMILES string of the molecule is CC(Sc1cccc(NC(=S)Nc2ccccc2)c1)C(=O)Nc1ccccc1. The number of thiocarbonyl (C=S) groups is 1. The maximum absolute atomic E-state index is 12.4. The Morgan fingerprint density at radius 2 is 1.32 bits per heavy atom. The van der Waals surface area contributed by atoms with Crippen LogP contribution in [0.25, 0.3) is 0 Å². The van der Waals surface area contributed by atoms with Crippen molar-refractivity contribution in [3.05, 3.63) is 84.9 Å². The van der Waals surface area contributed by atoms with Gasteiger partial charge in [-0.25, -0.2) is 0 Å². The first-order chi connectivity index (χ1) is 13.6. The summed E-state index contributed by atoms with van der Waals surface area (Å²) >= 11 is 6.87. The summed E-state index contributed by atoms with van der Waals surface area (Å²) in [6.45, 7) is 1.89. The molecule has 0 saturated heterocycles. The van der Waals surface area contributed by atoms with E-state index >= 15 is 0 Å². The van der Waals surface area contributed by atoms with Gasteiger partial charge in [0.05, 0.1) is 5.25 Å². The standard InChI is InChI=1S/C22H21N3OS2/c1-16(21(26)23-17-9-4-2-5-10-17)28-20-14-8-13-19(15-20)25-22(27)24-18-11-6-3-7-12-18/h2-16H,1H3,(H,23,26)(H2,24,25,27). The largest absolute Gasteiger partial charge is 0.332 e. The van der Waals surface area contributed by atoms with Gasteiger partial charge in [-0.1, -0.05) is 42.5 Å². The highest BCUT2D eigenvalue weighted by Crippen LogP contribution is 2.26. The van der Waals surface area contributed by atoms with Gasteiger partial charge in [0.2, 0.25) is 5.91 Å². The van der Waals surface area contributed by atoms with E-state index in [1.165, 1.54) is 11.8 Å². The van der Waals surface area contributed by atoms with Gasteiger partial charge in [-0.15, -0.1) is 11.8 Å². The summed E-state index contributed by atoms with van der Waals surface area (Å²) in [7, 11) is 0. The van der Waals surface area contributed by atoms with E-state index in [1.54, 1.807) is 0 Å². The van der Waals surface area contributed by atoms with Crippen molar-refractivity contribution in [1.29, 1.82) is 0 Å². The summed E-state index contributed by atoms with van der Waals surface area (Å²) in [5.74, 6) is -0.0316.